The van der Waals surface area contributed by atoms with Crippen LogP contribution in [-0.2, 0) is 4.79 Å². The molecule has 9 heteroatoms. The Morgan fingerprint density at radius 3 is 2.62 bits per heavy atom. The van der Waals surface area contributed by atoms with Gasteiger partial charge < -0.3 is 5.32 Å². The molecule has 0 bridgehead atoms. The first-order valence-corrected chi connectivity index (χ1v) is 7.77. The Morgan fingerprint density at radius 2 is 1.95 bits per heavy atom. The first kappa shape index (κ1) is 15.3. The summed E-state index contributed by atoms with van der Waals surface area (Å²) in [5.41, 5.74) is 5.19. The second-order valence-electron chi connectivity index (χ2n) is 3.78. The number of anilines is 1. The average Bonchev–Trinajstić information content (AvgIpc) is 2.99. The van der Waals surface area contributed by atoms with Crippen LogP contribution in [-0.4, -0.2) is 34.8 Å². The van der Waals surface area contributed by atoms with E-state index in [-0.39, 0.29) is 17.6 Å². The van der Waals surface area contributed by atoms with Gasteiger partial charge in [0.2, 0.25) is 11.0 Å². The second kappa shape index (κ2) is 7.60. The maximum Gasteiger partial charge on any atom is 0.269 e. The van der Waals surface area contributed by atoms with Crippen molar-refractivity contribution in [2.75, 3.05) is 18.1 Å². The van der Waals surface area contributed by atoms with E-state index in [0.29, 0.717) is 15.0 Å². The first-order valence-electron chi connectivity index (χ1n) is 5.97. The minimum Gasteiger partial charge on any atom is -0.363 e. The summed E-state index contributed by atoms with van der Waals surface area (Å²) in [6.07, 6.45) is 0. The van der Waals surface area contributed by atoms with Crippen molar-refractivity contribution in [3.8, 4) is 0 Å². The van der Waals surface area contributed by atoms with E-state index in [4.69, 9.17) is 0 Å². The fourth-order valence-electron chi connectivity index (χ4n) is 1.32. The van der Waals surface area contributed by atoms with Crippen molar-refractivity contribution in [1.29, 1.82) is 0 Å². The number of nitrogens with zero attached hydrogens (tertiary/aromatic N) is 2. The van der Waals surface area contributed by atoms with Gasteiger partial charge >= 0.3 is 0 Å². The quantitative estimate of drug-likeness (QED) is 0.564. The SMILES string of the molecule is CNc1nnc(SCC(=O)NNC(=O)c2ccccc2)s1. The van der Waals surface area contributed by atoms with Crippen LogP contribution in [0.2, 0.25) is 0 Å². The largest absolute Gasteiger partial charge is 0.363 e. The highest BCUT2D eigenvalue weighted by molar-refractivity contribution is 8.01. The highest BCUT2D eigenvalue weighted by Crippen LogP contribution is 2.24. The molecular weight excluding hydrogens is 310 g/mol. The molecule has 1 heterocycles. The lowest BCUT2D eigenvalue weighted by atomic mass is 10.2. The minimum atomic E-state index is -0.359. The van der Waals surface area contributed by atoms with Gasteiger partial charge in [-0.15, -0.1) is 10.2 Å². The molecule has 21 heavy (non-hydrogen) atoms. The van der Waals surface area contributed by atoms with E-state index in [1.54, 1.807) is 31.3 Å². The van der Waals surface area contributed by atoms with Crippen molar-refractivity contribution in [2.24, 2.45) is 0 Å². The van der Waals surface area contributed by atoms with Gasteiger partial charge in [-0.1, -0.05) is 41.3 Å². The number of nitrogens with one attached hydrogen (secondary N) is 3. The molecule has 0 aliphatic heterocycles. The molecule has 0 aliphatic carbocycles. The van der Waals surface area contributed by atoms with Crippen LogP contribution in [0.3, 0.4) is 0 Å². The predicted molar refractivity (Wildman–Crippen MR) is 82.2 cm³/mol. The molecule has 2 amide bonds. The Bertz CT molecular complexity index is 617. The standard InChI is InChI=1S/C12H13N5O2S2/c1-13-11-16-17-12(21-11)20-7-9(18)14-15-10(19)8-5-3-2-4-6-8/h2-6H,7H2,1H3,(H,13,16)(H,14,18)(H,15,19). The van der Waals surface area contributed by atoms with Crippen molar-refractivity contribution in [3.05, 3.63) is 35.9 Å². The molecule has 0 saturated heterocycles. The third kappa shape index (κ3) is 4.72. The molecule has 2 aromatic rings. The third-order valence-corrected chi connectivity index (χ3v) is 4.37. The Kier molecular flexibility index (Phi) is 5.52. The zero-order chi connectivity index (χ0) is 15.1. The molecular formula is C12H13N5O2S2. The zero-order valence-corrected chi connectivity index (χ0v) is 12.8. The summed E-state index contributed by atoms with van der Waals surface area (Å²) in [5.74, 6) is -0.527. The van der Waals surface area contributed by atoms with E-state index in [1.165, 1.54) is 23.1 Å². The van der Waals surface area contributed by atoms with Crippen LogP contribution >= 0.6 is 23.1 Å². The maximum atomic E-state index is 11.7. The van der Waals surface area contributed by atoms with Gasteiger partial charge in [0.25, 0.3) is 5.91 Å². The second-order valence-corrected chi connectivity index (χ2v) is 5.98. The van der Waals surface area contributed by atoms with Gasteiger partial charge in [-0.05, 0) is 12.1 Å². The Balaban J connectivity index is 1.73. The summed E-state index contributed by atoms with van der Waals surface area (Å²) >= 11 is 2.61. The number of aromatic nitrogens is 2. The normalized spacial score (nSPS) is 9.95. The van der Waals surface area contributed by atoms with Gasteiger partial charge in [0.1, 0.15) is 0 Å². The number of rotatable bonds is 5. The number of hydrogen-bond donors (Lipinski definition) is 3. The van der Waals surface area contributed by atoms with Crippen LogP contribution in [0.5, 0.6) is 0 Å². The summed E-state index contributed by atoms with van der Waals surface area (Å²) in [6, 6.07) is 8.64. The van der Waals surface area contributed by atoms with Gasteiger partial charge in [0, 0.05) is 12.6 Å². The van der Waals surface area contributed by atoms with Gasteiger partial charge in [-0.3, -0.25) is 20.4 Å². The topological polar surface area (TPSA) is 96.0 Å². The first-order chi connectivity index (χ1) is 10.2. The summed E-state index contributed by atoms with van der Waals surface area (Å²) in [6.45, 7) is 0. The molecule has 2 rings (SSSR count). The van der Waals surface area contributed by atoms with Crippen molar-refractivity contribution in [3.63, 3.8) is 0 Å². The van der Waals surface area contributed by atoms with E-state index in [1.807, 2.05) is 6.07 Å². The molecule has 0 atom stereocenters. The lowest BCUT2D eigenvalue weighted by molar-refractivity contribution is -0.119. The van der Waals surface area contributed by atoms with Crippen LogP contribution in [0.1, 0.15) is 10.4 Å². The van der Waals surface area contributed by atoms with E-state index in [0.717, 1.165) is 0 Å². The highest BCUT2D eigenvalue weighted by atomic mass is 32.2. The van der Waals surface area contributed by atoms with Crippen molar-refractivity contribution >= 4 is 40.0 Å². The third-order valence-electron chi connectivity index (χ3n) is 2.30. The Hall–Kier alpha value is -2.13. The molecule has 7 nitrogen and oxygen atoms in total. The molecule has 3 N–H and O–H groups in total. The molecule has 0 aliphatic rings. The van der Waals surface area contributed by atoms with Crippen molar-refractivity contribution < 1.29 is 9.59 Å². The lowest BCUT2D eigenvalue weighted by Crippen LogP contribution is -2.42. The fraction of sp³-hybridized carbons (Fsp3) is 0.167. The van der Waals surface area contributed by atoms with Gasteiger partial charge in [-0.2, -0.15) is 0 Å². The number of hydrogen-bond acceptors (Lipinski definition) is 7. The monoisotopic (exact) mass is 323 g/mol. The number of carbonyl (C=O) groups is 2. The molecule has 0 unspecified atom stereocenters. The van der Waals surface area contributed by atoms with Crippen LogP contribution in [0.4, 0.5) is 5.13 Å². The van der Waals surface area contributed by atoms with E-state index < -0.39 is 0 Å². The summed E-state index contributed by atoms with van der Waals surface area (Å²) in [7, 11) is 1.75. The van der Waals surface area contributed by atoms with Gasteiger partial charge in [-0.25, -0.2) is 0 Å². The van der Waals surface area contributed by atoms with Crippen molar-refractivity contribution in [2.45, 2.75) is 4.34 Å². The number of amides is 2. The van der Waals surface area contributed by atoms with Crippen LogP contribution in [0.15, 0.2) is 34.7 Å². The average molecular weight is 323 g/mol. The Morgan fingerprint density at radius 1 is 1.19 bits per heavy atom. The minimum absolute atomic E-state index is 0.146. The molecule has 1 aromatic carbocycles. The fourth-order valence-corrected chi connectivity index (χ4v) is 2.83. The van der Waals surface area contributed by atoms with Crippen LogP contribution < -0.4 is 16.2 Å². The summed E-state index contributed by atoms with van der Waals surface area (Å²) in [4.78, 5) is 23.3. The highest BCUT2D eigenvalue weighted by Gasteiger charge is 2.09. The molecule has 0 fully saturated rings. The van der Waals surface area contributed by atoms with Crippen LogP contribution in [0, 0.1) is 0 Å². The number of carbonyl (C=O) groups excluding carboxylic acids is 2. The molecule has 0 spiro atoms. The summed E-state index contributed by atoms with van der Waals surface area (Å²) < 4.78 is 0.684. The van der Waals surface area contributed by atoms with E-state index >= 15 is 0 Å². The van der Waals surface area contributed by atoms with Gasteiger partial charge in [0.05, 0.1) is 5.75 Å². The Labute approximate surface area is 129 Å². The predicted octanol–water partition coefficient (Wildman–Crippen LogP) is 1.13. The van der Waals surface area contributed by atoms with Gasteiger partial charge in [0.15, 0.2) is 4.34 Å². The number of hydrazine groups is 1. The number of benzene rings is 1. The van der Waals surface area contributed by atoms with E-state index in [2.05, 4.69) is 26.4 Å². The number of thioether (sulfide) groups is 1. The maximum absolute atomic E-state index is 11.7. The lowest BCUT2D eigenvalue weighted by Gasteiger charge is -2.06. The zero-order valence-electron chi connectivity index (χ0n) is 11.1. The van der Waals surface area contributed by atoms with Crippen LogP contribution in [0.25, 0.3) is 0 Å². The molecule has 1 aromatic heterocycles. The van der Waals surface area contributed by atoms with Crippen molar-refractivity contribution in [1.82, 2.24) is 21.0 Å². The molecule has 0 saturated carbocycles. The summed E-state index contributed by atoms with van der Waals surface area (Å²) in [5, 5.41) is 11.3. The smallest absolute Gasteiger partial charge is 0.269 e. The molecule has 110 valence electrons. The molecule has 0 radical (unpaired) electrons. The van der Waals surface area contributed by atoms with E-state index in [9.17, 15) is 9.59 Å².